The van der Waals surface area contributed by atoms with E-state index in [1.165, 1.54) is 31.2 Å². The molecule has 0 atom stereocenters. The Balaban J connectivity index is 2.22. The van der Waals surface area contributed by atoms with Crippen molar-refractivity contribution in [2.24, 2.45) is 5.14 Å². The molecule has 2 aromatic carbocycles. The second-order valence-corrected chi connectivity index (χ2v) is 7.41. The third-order valence-electron chi connectivity index (χ3n) is 3.97. The van der Waals surface area contributed by atoms with E-state index in [1.54, 1.807) is 0 Å². The summed E-state index contributed by atoms with van der Waals surface area (Å²) in [5.74, 6) is -0.655. The lowest BCUT2D eigenvalue weighted by atomic mass is 9.97. The summed E-state index contributed by atoms with van der Waals surface area (Å²) in [6.07, 6.45) is -4.75. The molecule has 0 aliphatic heterocycles. The number of nitrogens with zero attached hydrogens (tertiary/aromatic N) is 1. The Kier molecular flexibility index (Phi) is 4.56. The smallest absolute Gasteiger partial charge is 0.272 e. The van der Waals surface area contributed by atoms with Gasteiger partial charge in [-0.3, -0.25) is 5.10 Å². The molecule has 0 saturated heterocycles. The number of halogens is 4. The third-order valence-corrected chi connectivity index (χ3v) is 4.90. The first kappa shape index (κ1) is 19.1. The van der Waals surface area contributed by atoms with Crippen LogP contribution in [-0.4, -0.2) is 18.6 Å². The maximum absolute atomic E-state index is 13.9. The van der Waals surface area contributed by atoms with E-state index in [0.717, 1.165) is 18.2 Å². The quantitative estimate of drug-likeness (QED) is 0.656. The predicted octanol–water partition coefficient (Wildman–Crippen LogP) is 3.86. The van der Waals surface area contributed by atoms with Gasteiger partial charge in [-0.2, -0.15) is 18.3 Å². The zero-order chi connectivity index (χ0) is 20.0. The first-order valence-corrected chi connectivity index (χ1v) is 9.08. The molecular weight excluding hydrogens is 386 g/mol. The molecule has 0 unspecified atom stereocenters. The second-order valence-electron chi connectivity index (χ2n) is 5.85. The van der Waals surface area contributed by atoms with E-state index in [0.29, 0.717) is 0 Å². The molecule has 10 heteroatoms. The fourth-order valence-electron chi connectivity index (χ4n) is 2.59. The van der Waals surface area contributed by atoms with Gasteiger partial charge in [0.25, 0.3) is 0 Å². The van der Waals surface area contributed by atoms with E-state index < -0.39 is 27.7 Å². The van der Waals surface area contributed by atoms with Gasteiger partial charge in [0.2, 0.25) is 10.0 Å². The Bertz CT molecular complexity index is 1100. The average molecular weight is 399 g/mol. The summed E-state index contributed by atoms with van der Waals surface area (Å²) in [6, 6.07) is 8.61. The van der Waals surface area contributed by atoms with Gasteiger partial charge in [-0.1, -0.05) is 24.3 Å². The van der Waals surface area contributed by atoms with Crippen LogP contribution in [0.3, 0.4) is 0 Å². The first-order valence-electron chi connectivity index (χ1n) is 7.54. The number of aromatic amines is 1. The molecular formula is C17H13F4N3O2S. The molecule has 0 saturated carbocycles. The molecule has 5 nitrogen and oxygen atoms in total. The highest BCUT2D eigenvalue weighted by molar-refractivity contribution is 7.89. The topological polar surface area (TPSA) is 88.8 Å². The van der Waals surface area contributed by atoms with Gasteiger partial charge >= 0.3 is 6.18 Å². The molecule has 142 valence electrons. The van der Waals surface area contributed by atoms with Crippen LogP contribution in [0.25, 0.3) is 22.4 Å². The van der Waals surface area contributed by atoms with Crippen molar-refractivity contribution in [3.8, 4) is 22.4 Å². The Hall–Kier alpha value is -2.72. The number of hydrogen-bond acceptors (Lipinski definition) is 3. The molecule has 1 aromatic heterocycles. The van der Waals surface area contributed by atoms with Gasteiger partial charge < -0.3 is 0 Å². The maximum atomic E-state index is 13.9. The van der Waals surface area contributed by atoms with E-state index in [4.69, 9.17) is 5.14 Å². The molecule has 0 amide bonds. The van der Waals surface area contributed by atoms with Crippen molar-refractivity contribution in [1.82, 2.24) is 10.2 Å². The highest BCUT2D eigenvalue weighted by atomic mass is 32.2. The summed E-state index contributed by atoms with van der Waals surface area (Å²) >= 11 is 0. The molecule has 0 aliphatic carbocycles. The summed E-state index contributed by atoms with van der Waals surface area (Å²) in [6.45, 7) is 1.49. The summed E-state index contributed by atoms with van der Waals surface area (Å²) in [7, 11) is -3.95. The minimum Gasteiger partial charge on any atom is -0.272 e. The van der Waals surface area contributed by atoms with Crippen LogP contribution in [0, 0.1) is 12.7 Å². The number of H-pyrrole nitrogens is 1. The molecule has 0 radical (unpaired) electrons. The average Bonchev–Trinajstić information content (AvgIpc) is 3.02. The van der Waals surface area contributed by atoms with Crippen LogP contribution in [0.5, 0.6) is 0 Å². The normalized spacial score (nSPS) is 12.4. The number of benzene rings is 2. The number of rotatable bonds is 3. The van der Waals surface area contributed by atoms with Crippen LogP contribution in [0.4, 0.5) is 17.6 Å². The van der Waals surface area contributed by atoms with Crippen LogP contribution in [0.15, 0.2) is 47.4 Å². The standard InChI is InChI=1S/C17H13F4N3O2S/c1-9-2-3-11(8-13(9)18)14-15(23-24-16(14)17(19,20)21)10-4-6-12(7-5-10)27(22,25)26/h2-8H,1H3,(H,23,24)(H2,22,25,26). The van der Waals surface area contributed by atoms with Crippen LogP contribution < -0.4 is 5.14 Å². The zero-order valence-corrected chi connectivity index (χ0v) is 14.6. The summed E-state index contributed by atoms with van der Waals surface area (Å²) in [5, 5.41) is 10.7. The number of sulfonamides is 1. The van der Waals surface area contributed by atoms with Crippen molar-refractivity contribution in [1.29, 1.82) is 0 Å². The number of primary sulfonamides is 1. The van der Waals surface area contributed by atoms with E-state index >= 15 is 0 Å². The highest BCUT2D eigenvalue weighted by Crippen LogP contribution is 2.41. The van der Waals surface area contributed by atoms with E-state index in [2.05, 4.69) is 5.10 Å². The summed E-state index contributed by atoms with van der Waals surface area (Å²) in [4.78, 5) is -0.194. The number of hydrogen-bond donors (Lipinski definition) is 2. The number of nitrogens with two attached hydrogens (primary N) is 1. The van der Waals surface area contributed by atoms with Gasteiger partial charge in [0.15, 0.2) is 0 Å². The lowest BCUT2D eigenvalue weighted by molar-refractivity contribution is -0.140. The Labute approximate surface area is 151 Å². The first-order chi connectivity index (χ1) is 12.5. The van der Waals surface area contributed by atoms with Gasteiger partial charge in [-0.05, 0) is 36.2 Å². The van der Waals surface area contributed by atoms with Gasteiger partial charge in [0.05, 0.1) is 4.90 Å². The molecule has 0 aliphatic rings. The van der Waals surface area contributed by atoms with E-state index in [9.17, 15) is 26.0 Å². The third kappa shape index (κ3) is 3.71. The SMILES string of the molecule is Cc1ccc(-c2c(-c3ccc(S(N)(=O)=O)cc3)n[nH]c2C(F)(F)F)cc1F. The van der Waals surface area contributed by atoms with Crippen LogP contribution in [0.2, 0.25) is 0 Å². The number of alkyl halides is 3. The molecule has 3 rings (SSSR count). The molecule has 0 spiro atoms. The fraction of sp³-hybridized carbons (Fsp3) is 0.118. The maximum Gasteiger partial charge on any atom is 0.433 e. The number of aromatic nitrogens is 2. The Morgan fingerprint density at radius 3 is 2.15 bits per heavy atom. The molecule has 0 bridgehead atoms. The van der Waals surface area contributed by atoms with Gasteiger partial charge in [0, 0.05) is 11.1 Å². The molecule has 1 heterocycles. The summed E-state index contributed by atoms with van der Waals surface area (Å²) < 4.78 is 76.8. The fourth-order valence-corrected chi connectivity index (χ4v) is 3.10. The largest absolute Gasteiger partial charge is 0.433 e. The Morgan fingerprint density at radius 2 is 1.63 bits per heavy atom. The minimum atomic E-state index is -4.75. The molecule has 0 fully saturated rings. The highest BCUT2D eigenvalue weighted by Gasteiger charge is 2.38. The Morgan fingerprint density at radius 1 is 1.04 bits per heavy atom. The van der Waals surface area contributed by atoms with Crippen LogP contribution in [-0.2, 0) is 16.2 Å². The predicted molar refractivity (Wildman–Crippen MR) is 90.5 cm³/mol. The second kappa shape index (κ2) is 6.46. The van der Waals surface area contributed by atoms with Crippen molar-refractivity contribution >= 4 is 10.0 Å². The summed E-state index contributed by atoms with van der Waals surface area (Å²) in [5.41, 5.74) is -1.06. The minimum absolute atomic E-state index is 0.00954. The van der Waals surface area contributed by atoms with E-state index in [1.807, 2.05) is 5.10 Å². The van der Waals surface area contributed by atoms with Crippen LogP contribution >= 0.6 is 0 Å². The number of aryl methyl sites for hydroxylation is 1. The zero-order valence-electron chi connectivity index (χ0n) is 13.8. The monoisotopic (exact) mass is 399 g/mol. The van der Waals surface area contributed by atoms with Gasteiger partial charge in [-0.15, -0.1) is 0 Å². The molecule has 3 aromatic rings. The molecule has 3 N–H and O–H groups in total. The van der Waals surface area contributed by atoms with E-state index in [-0.39, 0.29) is 32.8 Å². The van der Waals surface area contributed by atoms with Crippen molar-refractivity contribution in [2.45, 2.75) is 18.0 Å². The van der Waals surface area contributed by atoms with Crippen molar-refractivity contribution in [2.75, 3.05) is 0 Å². The molecule has 27 heavy (non-hydrogen) atoms. The van der Waals surface area contributed by atoms with Crippen molar-refractivity contribution < 1.29 is 26.0 Å². The van der Waals surface area contributed by atoms with Crippen LogP contribution in [0.1, 0.15) is 11.3 Å². The number of nitrogens with one attached hydrogen (secondary N) is 1. The van der Waals surface area contributed by atoms with Gasteiger partial charge in [-0.25, -0.2) is 17.9 Å². The van der Waals surface area contributed by atoms with Gasteiger partial charge in [0.1, 0.15) is 17.2 Å². The lowest BCUT2D eigenvalue weighted by Gasteiger charge is -2.10. The lowest BCUT2D eigenvalue weighted by Crippen LogP contribution is -2.11. The van der Waals surface area contributed by atoms with Crippen molar-refractivity contribution in [3.05, 3.63) is 59.5 Å². The van der Waals surface area contributed by atoms with Crippen molar-refractivity contribution in [3.63, 3.8) is 0 Å².